The molecule has 4 rings (SSSR count). The highest BCUT2D eigenvalue weighted by molar-refractivity contribution is 5.04. The van der Waals surface area contributed by atoms with Gasteiger partial charge in [0, 0.05) is 43.7 Å². The Kier molecular flexibility index (Phi) is 4.94. The smallest absolute Gasteiger partial charge is 0.0749 e. The van der Waals surface area contributed by atoms with E-state index < -0.39 is 0 Å². The normalized spacial score (nSPS) is 44.2. The molecular formula is C20H36N2O2. The molecule has 6 unspecified atom stereocenters. The Morgan fingerprint density at radius 2 is 1.75 bits per heavy atom. The van der Waals surface area contributed by atoms with Gasteiger partial charge in [-0.15, -0.1) is 0 Å². The van der Waals surface area contributed by atoms with E-state index in [2.05, 4.69) is 37.5 Å². The summed E-state index contributed by atoms with van der Waals surface area (Å²) >= 11 is 0. The molecule has 0 aromatic rings. The molecule has 138 valence electrons. The van der Waals surface area contributed by atoms with Gasteiger partial charge in [-0.1, -0.05) is 0 Å². The van der Waals surface area contributed by atoms with Crippen LogP contribution in [0.3, 0.4) is 0 Å². The third kappa shape index (κ3) is 3.04. The molecule has 0 N–H and O–H groups in total. The van der Waals surface area contributed by atoms with Crippen LogP contribution < -0.4 is 0 Å². The summed E-state index contributed by atoms with van der Waals surface area (Å²) in [5, 5.41) is 0. The monoisotopic (exact) mass is 336 g/mol. The second kappa shape index (κ2) is 6.86. The van der Waals surface area contributed by atoms with Crippen molar-refractivity contribution in [3.8, 4) is 0 Å². The first kappa shape index (κ1) is 17.3. The molecule has 24 heavy (non-hydrogen) atoms. The molecule has 0 amide bonds. The summed E-state index contributed by atoms with van der Waals surface area (Å²) in [6.45, 7) is 14.7. The lowest BCUT2D eigenvalue weighted by molar-refractivity contribution is -0.143. The molecule has 4 heteroatoms. The molecule has 4 nitrogen and oxygen atoms in total. The molecule has 4 fully saturated rings. The van der Waals surface area contributed by atoms with E-state index in [1.165, 1.54) is 25.8 Å². The first-order valence-electron chi connectivity index (χ1n) is 10.3. The highest BCUT2D eigenvalue weighted by Gasteiger charge is 2.52. The van der Waals surface area contributed by atoms with Crippen LogP contribution in [0.1, 0.15) is 47.0 Å². The fourth-order valence-electron chi connectivity index (χ4n) is 5.45. The maximum Gasteiger partial charge on any atom is 0.0749 e. The lowest BCUT2D eigenvalue weighted by Crippen LogP contribution is -2.61. The minimum atomic E-state index is 0.420. The molecule has 0 aromatic carbocycles. The van der Waals surface area contributed by atoms with E-state index in [1.54, 1.807) is 0 Å². The molecule has 0 radical (unpaired) electrons. The zero-order valence-electron chi connectivity index (χ0n) is 16.0. The van der Waals surface area contributed by atoms with Crippen molar-refractivity contribution >= 4 is 0 Å². The van der Waals surface area contributed by atoms with Crippen LogP contribution in [0.25, 0.3) is 0 Å². The minimum Gasteiger partial charge on any atom is -0.380 e. The van der Waals surface area contributed by atoms with Crippen molar-refractivity contribution < 1.29 is 9.47 Å². The third-order valence-corrected chi connectivity index (χ3v) is 7.16. The van der Waals surface area contributed by atoms with E-state index in [9.17, 15) is 0 Å². The van der Waals surface area contributed by atoms with E-state index in [-0.39, 0.29) is 0 Å². The van der Waals surface area contributed by atoms with Gasteiger partial charge in [0.25, 0.3) is 0 Å². The maximum absolute atomic E-state index is 6.70. The molecule has 2 saturated heterocycles. The van der Waals surface area contributed by atoms with Gasteiger partial charge in [-0.05, 0) is 58.8 Å². The van der Waals surface area contributed by atoms with Gasteiger partial charge in [-0.2, -0.15) is 0 Å². The molecule has 0 aromatic heterocycles. The van der Waals surface area contributed by atoms with E-state index in [0.29, 0.717) is 36.3 Å². The lowest BCUT2D eigenvalue weighted by atomic mass is 9.66. The summed E-state index contributed by atoms with van der Waals surface area (Å²) in [6.07, 6.45) is 4.89. The average Bonchev–Trinajstić information content (AvgIpc) is 2.73. The van der Waals surface area contributed by atoms with Crippen molar-refractivity contribution in [3.05, 3.63) is 0 Å². The lowest BCUT2D eigenvalue weighted by Gasteiger charge is -2.53. The number of nitrogens with zero attached hydrogens (tertiary/aromatic N) is 2. The Morgan fingerprint density at radius 1 is 0.917 bits per heavy atom. The number of fused-ring (bicyclic) bond motifs is 2. The Morgan fingerprint density at radius 3 is 2.42 bits per heavy atom. The summed E-state index contributed by atoms with van der Waals surface area (Å²) in [4.78, 5) is 5.40. The van der Waals surface area contributed by atoms with Gasteiger partial charge in [-0.3, -0.25) is 9.80 Å². The van der Waals surface area contributed by atoms with Crippen LogP contribution in [0.15, 0.2) is 0 Å². The van der Waals surface area contributed by atoms with Crippen molar-refractivity contribution in [3.63, 3.8) is 0 Å². The van der Waals surface area contributed by atoms with Crippen LogP contribution in [0.2, 0.25) is 0 Å². The molecular weight excluding hydrogens is 300 g/mol. The largest absolute Gasteiger partial charge is 0.380 e. The highest BCUT2D eigenvalue weighted by Crippen LogP contribution is 2.46. The predicted octanol–water partition coefficient (Wildman–Crippen LogP) is 2.62. The first-order chi connectivity index (χ1) is 11.5. The van der Waals surface area contributed by atoms with Crippen molar-refractivity contribution in [1.29, 1.82) is 0 Å². The number of hydrogen-bond acceptors (Lipinski definition) is 4. The number of ether oxygens (including phenoxy) is 2. The average molecular weight is 337 g/mol. The van der Waals surface area contributed by atoms with E-state index in [0.717, 1.165) is 38.1 Å². The SMILES string of the molecule is CC(C)N1CC2CCC2OC(C2CC3COCCN(C(C)C)C32)C1. The molecule has 2 heterocycles. The molecule has 4 aliphatic rings. The van der Waals surface area contributed by atoms with E-state index in [4.69, 9.17) is 9.47 Å². The molecule has 0 spiro atoms. The van der Waals surface area contributed by atoms with Gasteiger partial charge in [0.1, 0.15) is 0 Å². The summed E-state index contributed by atoms with van der Waals surface area (Å²) in [6, 6.07) is 1.90. The van der Waals surface area contributed by atoms with Gasteiger partial charge in [0.2, 0.25) is 0 Å². The topological polar surface area (TPSA) is 24.9 Å². The summed E-state index contributed by atoms with van der Waals surface area (Å²) in [5.74, 6) is 2.20. The zero-order valence-corrected chi connectivity index (χ0v) is 16.0. The standard InChI is InChI=1S/C20H36N2O2/c1-13(2)21-10-15-5-6-18(15)24-19(11-21)17-9-16-12-23-8-7-22(14(3)4)20(16)17/h13-20H,5-12H2,1-4H3. The Labute approximate surface area is 147 Å². The van der Waals surface area contributed by atoms with Crippen LogP contribution in [-0.4, -0.2) is 73.0 Å². The van der Waals surface area contributed by atoms with Gasteiger partial charge >= 0.3 is 0 Å². The van der Waals surface area contributed by atoms with Crippen LogP contribution in [-0.2, 0) is 9.47 Å². The van der Waals surface area contributed by atoms with Crippen LogP contribution >= 0.6 is 0 Å². The molecule has 2 saturated carbocycles. The van der Waals surface area contributed by atoms with Crippen molar-refractivity contribution in [2.24, 2.45) is 17.8 Å². The summed E-state index contributed by atoms with van der Waals surface area (Å²) in [5.41, 5.74) is 0. The van der Waals surface area contributed by atoms with Gasteiger partial charge < -0.3 is 9.47 Å². The summed E-state index contributed by atoms with van der Waals surface area (Å²) in [7, 11) is 0. The quantitative estimate of drug-likeness (QED) is 0.791. The fourth-order valence-corrected chi connectivity index (χ4v) is 5.45. The van der Waals surface area contributed by atoms with E-state index in [1.807, 2.05) is 0 Å². The third-order valence-electron chi connectivity index (χ3n) is 7.16. The Hall–Kier alpha value is -0.160. The minimum absolute atomic E-state index is 0.420. The van der Waals surface area contributed by atoms with Crippen molar-refractivity contribution in [1.82, 2.24) is 9.80 Å². The van der Waals surface area contributed by atoms with E-state index >= 15 is 0 Å². The van der Waals surface area contributed by atoms with Crippen LogP contribution in [0.4, 0.5) is 0 Å². The fraction of sp³-hybridized carbons (Fsp3) is 1.00. The number of rotatable bonds is 3. The Balaban J connectivity index is 1.51. The number of hydrogen-bond donors (Lipinski definition) is 0. The second-order valence-corrected chi connectivity index (χ2v) is 9.15. The first-order valence-corrected chi connectivity index (χ1v) is 10.3. The van der Waals surface area contributed by atoms with Crippen molar-refractivity contribution in [2.45, 2.75) is 77.3 Å². The molecule has 6 atom stereocenters. The van der Waals surface area contributed by atoms with Gasteiger partial charge in [0.15, 0.2) is 0 Å². The maximum atomic E-state index is 6.70. The zero-order chi connectivity index (χ0) is 16.8. The Bertz CT molecular complexity index is 441. The van der Waals surface area contributed by atoms with Crippen molar-refractivity contribution in [2.75, 3.05) is 32.8 Å². The van der Waals surface area contributed by atoms with Gasteiger partial charge in [-0.25, -0.2) is 0 Å². The van der Waals surface area contributed by atoms with Gasteiger partial charge in [0.05, 0.1) is 25.4 Å². The second-order valence-electron chi connectivity index (χ2n) is 9.15. The highest BCUT2D eigenvalue weighted by atomic mass is 16.5. The summed E-state index contributed by atoms with van der Waals surface area (Å²) < 4.78 is 12.6. The molecule has 0 bridgehead atoms. The van der Waals surface area contributed by atoms with Crippen LogP contribution in [0, 0.1) is 17.8 Å². The molecule has 2 aliphatic heterocycles. The van der Waals surface area contributed by atoms with Crippen LogP contribution in [0.5, 0.6) is 0 Å². The predicted molar refractivity (Wildman–Crippen MR) is 96.1 cm³/mol. The molecule has 2 aliphatic carbocycles.